The van der Waals surface area contributed by atoms with Crippen LogP contribution in [-0.4, -0.2) is 13.2 Å². The third kappa shape index (κ3) is 8.38. The largest absolute Gasteiger partial charge is 0.490 e. The number of ether oxygens (including phenoxy) is 2. The van der Waals surface area contributed by atoms with E-state index in [1.165, 1.54) is 37.8 Å². The molecule has 156 valence electrons. The summed E-state index contributed by atoms with van der Waals surface area (Å²) in [6.45, 7) is 6.91. The van der Waals surface area contributed by atoms with Crippen LogP contribution in [-0.2, 0) is 13.2 Å². The van der Waals surface area contributed by atoms with E-state index in [0.717, 1.165) is 34.4 Å². The summed E-state index contributed by atoms with van der Waals surface area (Å²) in [5.41, 5.74) is 2.05. The monoisotopic (exact) mass is 473 g/mol. The van der Waals surface area contributed by atoms with Crippen molar-refractivity contribution in [1.82, 2.24) is 5.32 Å². The average molecular weight is 475 g/mol. The normalized spacial score (nSPS) is 10.4. The Morgan fingerprint density at radius 2 is 1.71 bits per heavy atom. The fourth-order valence-corrected chi connectivity index (χ4v) is 3.38. The van der Waals surface area contributed by atoms with Gasteiger partial charge < -0.3 is 14.8 Å². The quantitative estimate of drug-likeness (QED) is 0.349. The lowest BCUT2D eigenvalue weighted by Crippen LogP contribution is -2.15. The van der Waals surface area contributed by atoms with Crippen molar-refractivity contribution in [2.24, 2.45) is 0 Å². The number of hydrogen-bond donors (Lipinski definition) is 1. The summed E-state index contributed by atoms with van der Waals surface area (Å²) >= 11 is 3.60. The zero-order valence-electron chi connectivity index (χ0n) is 16.6. The molecule has 0 fully saturated rings. The number of rotatable bonds is 12. The van der Waals surface area contributed by atoms with Gasteiger partial charge in [0.25, 0.3) is 0 Å². The molecular weight excluding hydrogens is 445 g/mol. The molecule has 2 aromatic carbocycles. The molecular formula is C22H30BrClFNO2. The van der Waals surface area contributed by atoms with Gasteiger partial charge in [-0.25, -0.2) is 4.39 Å². The average Bonchev–Trinajstić information content (AvgIpc) is 2.65. The van der Waals surface area contributed by atoms with E-state index in [1.54, 1.807) is 12.1 Å². The second kappa shape index (κ2) is 13.8. The van der Waals surface area contributed by atoms with Crippen LogP contribution in [0.4, 0.5) is 4.39 Å². The van der Waals surface area contributed by atoms with E-state index in [1.807, 2.05) is 13.0 Å². The van der Waals surface area contributed by atoms with Crippen molar-refractivity contribution < 1.29 is 13.9 Å². The molecule has 0 aliphatic rings. The maximum atomic E-state index is 13.0. The summed E-state index contributed by atoms with van der Waals surface area (Å²) in [4.78, 5) is 0. The zero-order chi connectivity index (χ0) is 19.5. The Morgan fingerprint density at radius 3 is 2.39 bits per heavy atom. The Kier molecular flexibility index (Phi) is 12.2. The first kappa shape index (κ1) is 24.7. The minimum absolute atomic E-state index is 0. The van der Waals surface area contributed by atoms with Gasteiger partial charge in [-0.05, 0) is 71.2 Å². The molecule has 0 heterocycles. The van der Waals surface area contributed by atoms with Gasteiger partial charge in [0, 0.05) is 6.54 Å². The van der Waals surface area contributed by atoms with Crippen LogP contribution in [0.25, 0.3) is 0 Å². The Labute approximate surface area is 182 Å². The summed E-state index contributed by atoms with van der Waals surface area (Å²) in [6.07, 6.45) is 5.02. The molecule has 0 radical (unpaired) electrons. The lowest BCUT2D eigenvalue weighted by molar-refractivity contribution is 0.267. The second-order valence-electron chi connectivity index (χ2n) is 6.49. The highest BCUT2D eigenvalue weighted by Crippen LogP contribution is 2.37. The Balaban J connectivity index is 0.00000392. The third-order valence-electron chi connectivity index (χ3n) is 4.20. The van der Waals surface area contributed by atoms with E-state index >= 15 is 0 Å². The van der Waals surface area contributed by atoms with E-state index in [9.17, 15) is 4.39 Å². The first-order valence-electron chi connectivity index (χ1n) is 9.67. The van der Waals surface area contributed by atoms with E-state index in [2.05, 4.69) is 34.2 Å². The SMILES string of the molecule is CCCCCCNCc1cc(Br)c(OCc2ccc(F)cc2)c(OCC)c1.Cl. The van der Waals surface area contributed by atoms with Crippen LogP contribution in [0.3, 0.4) is 0 Å². The first-order valence-corrected chi connectivity index (χ1v) is 10.5. The van der Waals surface area contributed by atoms with Crippen LogP contribution in [0.2, 0.25) is 0 Å². The standard InChI is InChI=1S/C22H29BrFNO2.ClH/c1-3-5-6-7-12-25-15-18-13-20(23)22(21(14-18)26-4-2)27-16-17-8-10-19(24)11-9-17;/h8-11,13-14,25H,3-7,12,15-16H2,1-2H3;1H. The van der Waals surface area contributed by atoms with E-state index < -0.39 is 0 Å². The van der Waals surface area contributed by atoms with E-state index in [-0.39, 0.29) is 18.2 Å². The molecule has 2 aromatic rings. The molecule has 0 aromatic heterocycles. The van der Waals surface area contributed by atoms with Crippen molar-refractivity contribution in [3.05, 3.63) is 57.8 Å². The molecule has 0 atom stereocenters. The molecule has 0 unspecified atom stereocenters. The fourth-order valence-electron chi connectivity index (χ4n) is 2.77. The van der Waals surface area contributed by atoms with Crippen LogP contribution in [0.15, 0.2) is 40.9 Å². The topological polar surface area (TPSA) is 30.5 Å². The lowest BCUT2D eigenvalue weighted by Gasteiger charge is -2.16. The van der Waals surface area contributed by atoms with Crippen LogP contribution in [0.5, 0.6) is 11.5 Å². The van der Waals surface area contributed by atoms with Crippen LogP contribution < -0.4 is 14.8 Å². The highest BCUT2D eigenvalue weighted by Gasteiger charge is 2.12. The molecule has 0 bridgehead atoms. The molecule has 0 aliphatic heterocycles. The Morgan fingerprint density at radius 1 is 0.964 bits per heavy atom. The molecule has 1 N–H and O–H groups in total. The van der Waals surface area contributed by atoms with Crippen molar-refractivity contribution in [2.45, 2.75) is 52.7 Å². The maximum Gasteiger partial charge on any atom is 0.175 e. The Hall–Kier alpha value is -1.30. The number of unbranched alkanes of at least 4 members (excludes halogenated alkanes) is 3. The van der Waals surface area contributed by atoms with Crippen molar-refractivity contribution >= 4 is 28.3 Å². The minimum Gasteiger partial charge on any atom is -0.490 e. The highest BCUT2D eigenvalue weighted by molar-refractivity contribution is 9.10. The Bertz CT molecular complexity index is 698. The minimum atomic E-state index is -0.249. The molecule has 3 nitrogen and oxygen atoms in total. The number of halogens is 3. The molecule has 0 aliphatic carbocycles. The number of benzene rings is 2. The van der Waals surface area contributed by atoms with Crippen LogP contribution >= 0.6 is 28.3 Å². The molecule has 28 heavy (non-hydrogen) atoms. The maximum absolute atomic E-state index is 13.0. The summed E-state index contributed by atoms with van der Waals surface area (Å²) in [6, 6.07) is 10.4. The molecule has 0 saturated carbocycles. The summed E-state index contributed by atoms with van der Waals surface area (Å²) in [7, 11) is 0. The molecule has 2 rings (SSSR count). The van der Waals surface area contributed by atoms with Crippen molar-refractivity contribution in [3.8, 4) is 11.5 Å². The summed E-state index contributed by atoms with van der Waals surface area (Å²) in [5, 5.41) is 3.49. The number of nitrogens with one attached hydrogen (secondary N) is 1. The van der Waals surface area contributed by atoms with Gasteiger partial charge in [0.05, 0.1) is 11.1 Å². The predicted octanol–water partition coefficient (Wildman–Crippen LogP) is 6.66. The highest BCUT2D eigenvalue weighted by atomic mass is 79.9. The molecule has 6 heteroatoms. The van der Waals surface area contributed by atoms with Gasteiger partial charge in [-0.15, -0.1) is 12.4 Å². The molecule has 0 amide bonds. The molecule has 0 spiro atoms. The zero-order valence-corrected chi connectivity index (χ0v) is 19.0. The fraction of sp³-hybridized carbons (Fsp3) is 0.455. The molecule has 0 saturated heterocycles. The van der Waals surface area contributed by atoms with E-state index in [4.69, 9.17) is 9.47 Å². The van der Waals surface area contributed by atoms with Gasteiger partial charge >= 0.3 is 0 Å². The van der Waals surface area contributed by atoms with Gasteiger partial charge in [-0.1, -0.05) is 38.3 Å². The van der Waals surface area contributed by atoms with Gasteiger partial charge in [0.2, 0.25) is 0 Å². The van der Waals surface area contributed by atoms with Crippen molar-refractivity contribution in [2.75, 3.05) is 13.2 Å². The number of hydrogen-bond acceptors (Lipinski definition) is 3. The summed E-state index contributed by atoms with van der Waals surface area (Å²) in [5.74, 6) is 1.14. The van der Waals surface area contributed by atoms with Gasteiger partial charge in [-0.2, -0.15) is 0 Å². The summed E-state index contributed by atoms with van der Waals surface area (Å²) < 4.78 is 25.6. The van der Waals surface area contributed by atoms with Gasteiger partial charge in [0.1, 0.15) is 12.4 Å². The second-order valence-corrected chi connectivity index (χ2v) is 7.34. The van der Waals surface area contributed by atoms with Gasteiger partial charge in [0.15, 0.2) is 11.5 Å². The van der Waals surface area contributed by atoms with Crippen molar-refractivity contribution in [3.63, 3.8) is 0 Å². The predicted molar refractivity (Wildman–Crippen MR) is 119 cm³/mol. The third-order valence-corrected chi connectivity index (χ3v) is 4.79. The van der Waals surface area contributed by atoms with Crippen molar-refractivity contribution in [1.29, 1.82) is 0 Å². The van der Waals surface area contributed by atoms with Crippen LogP contribution in [0, 0.1) is 5.82 Å². The van der Waals surface area contributed by atoms with Gasteiger partial charge in [-0.3, -0.25) is 0 Å². The lowest BCUT2D eigenvalue weighted by atomic mass is 10.1. The first-order chi connectivity index (χ1) is 13.1. The smallest absolute Gasteiger partial charge is 0.175 e. The van der Waals surface area contributed by atoms with Crippen LogP contribution in [0.1, 0.15) is 50.7 Å². The van der Waals surface area contributed by atoms with E-state index in [0.29, 0.717) is 19.0 Å².